The van der Waals surface area contributed by atoms with Crippen molar-refractivity contribution in [3.8, 4) is 0 Å². The second kappa shape index (κ2) is 6.21. The smallest absolute Gasteiger partial charge is 0.0192 e. The predicted molar refractivity (Wildman–Crippen MR) is 78.8 cm³/mol. The second-order valence-electron chi connectivity index (χ2n) is 6.66. The Morgan fingerprint density at radius 3 is 2.67 bits per heavy atom. The summed E-state index contributed by atoms with van der Waals surface area (Å²) in [6.07, 6.45) is 4.06. The van der Waals surface area contributed by atoms with Gasteiger partial charge < -0.3 is 4.90 Å². The summed E-state index contributed by atoms with van der Waals surface area (Å²) in [5.74, 6) is 1.83. The molecule has 2 nitrogen and oxygen atoms in total. The number of rotatable bonds is 3. The lowest BCUT2D eigenvalue weighted by molar-refractivity contribution is 0.131. The van der Waals surface area contributed by atoms with E-state index in [4.69, 9.17) is 0 Å². The molecule has 2 aliphatic rings. The van der Waals surface area contributed by atoms with Gasteiger partial charge in [-0.15, -0.1) is 0 Å². The molecule has 1 fully saturated rings. The van der Waals surface area contributed by atoms with Crippen molar-refractivity contribution in [3.05, 3.63) is 11.1 Å². The van der Waals surface area contributed by atoms with Crippen LogP contribution in [-0.2, 0) is 0 Å². The molecule has 2 rings (SSSR count). The molecule has 104 valence electrons. The zero-order valence-corrected chi connectivity index (χ0v) is 12.7. The van der Waals surface area contributed by atoms with Crippen LogP contribution in [0.5, 0.6) is 0 Å². The summed E-state index contributed by atoms with van der Waals surface area (Å²) in [4.78, 5) is 5.17. The molecule has 0 amide bonds. The van der Waals surface area contributed by atoms with Crippen molar-refractivity contribution in [3.63, 3.8) is 0 Å². The van der Waals surface area contributed by atoms with E-state index in [0.717, 1.165) is 11.8 Å². The monoisotopic (exact) mass is 250 g/mol. The maximum atomic E-state index is 2.66. The van der Waals surface area contributed by atoms with Crippen LogP contribution >= 0.6 is 0 Å². The van der Waals surface area contributed by atoms with Gasteiger partial charge in [-0.3, -0.25) is 4.90 Å². The van der Waals surface area contributed by atoms with Crippen LogP contribution < -0.4 is 0 Å². The van der Waals surface area contributed by atoms with Crippen LogP contribution in [0.2, 0.25) is 0 Å². The average Bonchev–Trinajstić information content (AvgIpc) is 2.34. The first kappa shape index (κ1) is 14.1. The Morgan fingerprint density at radius 1 is 1.17 bits per heavy atom. The van der Waals surface area contributed by atoms with Gasteiger partial charge in [0.2, 0.25) is 0 Å². The fraction of sp³-hybridized carbons (Fsp3) is 0.875. The number of hydrogen-bond donors (Lipinski definition) is 0. The highest BCUT2D eigenvalue weighted by molar-refractivity contribution is 5.14. The zero-order chi connectivity index (χ0) is 13.1. The van der Waals surface area contributed by atoms with Gasteiger partial charge in [-0.25, -0.2) is 0 Å². The van der Waals surface area contributed by atoms with Gasteiger partial charge >= 0.3 is 0 Å². The third kappa shape index (κ3) is 3.58. The van der Waals surface area contributed by atoms with Gasteiger partial charge in [0.15, 0.2) is 0 Å². The molecule has 2 aliphatic heterocycles. The Labute approximate surface area is 113 Å². The standard InChI is InChI=1S/C16H30N2/c1-13-6-9-18(11-15(13)3)10-7-16-12-17(4)8-5-14(16)2/h14,16H,5-12H2,1-4H3. The molecule has 2 heterocycles. The molecule has 0 aromatic rings. The first-order chi connectivity index (χ1) is 8.56. The van der Waals surface area contributed by atoms with Crippen molar-refractivity contribution in [2.75, 3.05) is 39.8 Å². The normalized spacial score (nSPS) is 32.0. The van der Waals surface area contributed by atoms with Crippen molar-refractivity contribution >= 4 is 0 Å². The van der Waals surface area contributed by atoms with Gasteiger partial charge in [-0.2, -0.15) is 0 Å². The topological polar surface area (TPSA) is 6.48 Å². The fourth-order valence-corrected chi connectivity index (χ4v) is 3.33. The zero-order valence-electron chi connectivity index (χ0n) is 12.7. The summed E-state index contributed by atoms with van der Waals surface area (Å²) in [5.41, 5.74) is 3.23. The summed E-state index contributed by atoms with van der Waals surface area (Å²) in [5, 5.41) is 0. The molecule has 0 radical (unpaired) electrons. The third-order valence-electron chi connectivity index (χ3n) is 5.13. The van der Waals surface area contributed by atoms with Gasteiger partial charge in [0.1, 0.15) is 0 Å². The SMILES string of the molecule is CC1=C(C)CN(CCC2CN(C)CCC2C)CC1. The summed E-state index contributed by atoms with van der Waals surface area (Å²) >= 11 is 0. The van der Waals surface area contributed by atoms with E-state index >= 15 is 0 Å². The number of piperidine rings is 1. The molecule has 0 saturated carbocycles. The van der Waals surface area contributed by atoms with E-state index in [2.05, 4.69) is 37.6 Å². The molecule has 0 spiro atoms. The molecule has 0 aromatic carbocycles. The molecule has 0 N–H and O–H groups in total. The highest BCUT2D eigenvalue weighted by Gasteiger charge is 2.25. The van der Waals surface area contributed by atoms with E-state index < -0.39 is 0 Å². The van der Waals surface area contributed by atoms with Crippen molar-refractivity contribution in [1.29, 1.82) is 0 Å². The number of hydrogen-bond acceptors (Lipinski definition) is 2. The molecule has 2 unspecified atom stereocenters. The first-order valence-electron chi connectivity index (χ1n) is 7.62. The maximum absolute atomic E-state index is 2.66. The van der Waals surface area contributed by atoms with E-state index in [0.29, 0.717) is 0 Å². The van der Waals surface area contributed by atoms with Gasteiger partial charge in [0.25, 0.3) is 0 Å². The molecule has 2 atom stereocenters. The Balaban J connectivity index is 1.78. The molecule has 0 aliphatic carbocycles. The van der Waals surface area contributed by atoms with Gasteiger partial charge in [-0.1, -0.05) is 18.1 Å². The van der Waals surface area contributed by atoms with Crippen LogP contribution in [0.15, 0.2) is 11.1 Å². The van der Waals surface area contributed by atoms with Gasteiger partial charge in [0.05, 0.1) is 0 Å². The summed E-state index contributed by atoms with van der Waals surface area (Å²) < 4.78 is 0. The van der Waals surface area contributed by atoms with Crippen LogP contribution in [0.3, 0.4) is 0 Å². The molecule has 18 heavy (non-hydrogen) atoms. The van der Waals surface area contributed by atoms with Crippen molar-refractivity contribution < 1.29 is 0 Å². The van der Waals surface area contributed by atoms with E-state index in [-0.39, 0.29) is 0 Å². The van der Waals surface area contributed by atoms with Crippen LogP contribution in [0.4, 0.5) is 0 Å². The van der Waals surface area contributed by atoms with E-state index in [1.165, 1.54) is 52.0 Å². The van der Waals surface area contributed by atoms with E-state index in [1.54, 1.807) is 11.1 Å². The lowest BCUT2D eigenvalue weighted by atomic mass is 9.84. The first-order valence-corrected chi connectivity index (χ1v) is 7.62. The summed E-state index contributed by atoms with van der Waals surface area (Å²) in [7, 11) is 2.27. The number of likely N-dealkylation sites (tertiary alicyclic amines) is 1. The minimum absolute atomic E-state index is 0.913. The largest absolute Gasteiger partial charge is 0.306 e. The van der Waals surface area contributed by atoms with Crippen molar-refractivity contribution in [2.24, 2.45) is 11.8 Å². The molecule has 0 bridgehead atoms. The molecule has 1 saturated heterocycles. The lowest BCUT2D eigenvalue weighted by Gasteiger charge is -2.37. The van der Waals surface area contributed by atoms with E-state index in [9.17, 15) is 0 Å². The van der Waals surface area contributed by atoms with Crippen LogP contribution in [0.25, 0.3) is 0 Å². The second-order valence-corrected chi connectivity index (χ2v) is 6.66. The molecular formula is C16H30N2. The minimum atomic E-state index is 0.913. The van der Waals surface area contributed by atoms with E-state index in [1.807, 2.05) is 0 Å². The quantitative estimate of drug-likeness (QED) is 0.711. The maximum Gasteiger partial charge on any atom is 0.0192 e. The Kier molecular flexibility index (Phi) is 4.85. The minimum Gasteiger partial charge on any atom is -0.306 e. The fourth-order valence-electron chi connectivity index (χ4n) is 3.33. The molecule has 2 heteroatoms. The molecular weight excluding hydrogens is 220 g/mol. The van der Waals surface area contributed by atoms with Gasteiger partial charge in [0, 0.05) is 19.6 Å². The lowest BCUT2D eigenvalue weighted by Crippen LogP contribution is -2.39. The summed E-state index contributed by atoms with van der Waals surface area (Å²) in [6, 6.07) is 0. The van der Waals surface area contributed by atoms with Crippen LogP contribution in [0, 0.1) is 11.8 Å². The van der Waals surface area contributed by atoms with Crippen molar-refractivity contribution in [1.82, 2.24) is 9.80 Å². The van der Waals surface area contributed by atoms with Crippen molar-refractivity contribution in [2.45, 2.75) is 40.0 Å². The Morgan fingerprint density at radius 2 is 1.94 bits per heavy atom. The molecule has 0 aromatic heterocycles. The van der Waals surface area contributed by atoms with Crippen LogP contribution in [0.1, 0.15) is 40.0 Å². The van der Waals surface area contributed by atoms with Crippen LogP contribution in [-0.4, -0.2) is 49.6 Å². The highest BCUT2D eigenvalue weighted by atomic mass is 15.1. The Hall–Kier alpha value is -0.340. The predicted octanol–water partition coefficient (Wildman–Crippen LogP) is 3.01. The summed E-state index contributed by atoms with van der Waals surface area (Å²) in [6.45, 7) is 13.4. The third-order valence-corrected chi connectivity index (χ3v) is 5.13. The highest BCUT2D eigenvalue weighted by Crippen LogP contribution is 2.26. The Bertz CT molecular complexity index is 308. The number of nitrogens with zero attached hydrogens (tertiary/aromatic N) is 2. The van der Waals surface area contributed by atoms with Gasteiger partial charge in [-0.05, 0) is 65.1 Å². The average molecular weight is 250 g/mol.